The van der Waals surface area contributed by atoms with E-state index in [1.807, 2.05) is 18.2 Å². The molecule has 0 aliphatic rings. The number of ether oxygens (including phenoxy) is 2. The number of hydrogen-bond acceptors (Lipinski definition) is 3. The van der Waals surface area contributed by atoms with Crippen LogP contribution in [0.1, 0.15) is 16.7 Å². The van der Waals surface area contributed by atoms with Crippen LogP contribution in [-0.4, -0.2) is 14.2 Å². The summed E-state index contributed by atoms with van der Waals surface area (Å²) in [6.45, 7) is 4.89. The van der Waals surface area contributed by atoms with Gasteiger partial charge in [-0.15, -0.1) is 0 Å². The van der Waals surface area contributed by atoms with Crippen LogP contribution >= 0.6 is 15.9 Å². The SMILES string of the molecule is COc1ccc(CNc2cc(C)c(Br)c(C)c2)c(OC)c1. The second kappa shape index (κ2) is 6.85. The van der Waals surface area contributed by atoms with Crippen LogP contribution in [0.3, 0.4) is 0 Å². The van der Waals surface area contributed by atoms with Crippen LogP contribution in [0.2, 0.25) is 0 Å². The first-order chi connectivity index (χ1) is 10.0. The number of hydrogen-bond donors (Lipinski definition) is 1. The Hall–Kier alpha value is -1.68. The Bertz CT molecular complexity index is 618. The lowest BCUT2D eigenvalue weighted by Gasteiger charge is -2.13. The fraction of sp³-hybridized carbons (Fsp3) is 0.294. The van der Waals surface area contributed by atoms with Crippen molar-refractivity contribution in [2.24, 2.45) is 0 Å². The van der Waals surface area contributed by atoms with Crippen LogP contribution in [0.25, 0.3) is 0 Å². The van der Waals surface area contributed by atoms with Crippen LogP contribution in [0.4, 0.5) is 5.69 Å². The maximum absolute atomic E-state index is 5.42. The molecule has 0 bridgehead atoms. The zero-order valence-electron chi connectivity index (χ0n) is 12.8. The van der Waals surface area contributed by atoms with Crippen molar-refractivity contribution in [3.05, 3.63) is 51.5 Å². The van der Waals surface area contributed by atoms with E-state index in [1.54, 1.807) is 14.2 Å². The van der Waals surface area contributed by atoms with E-state index < -0.39 is 0 Å². The topological polar surface area (TPSA) is 30.5 Å². The normalized spacial score (nSPS) is 10.3. The largest absolute Gasteiger partial charge is 0.497 e. The fourth-order valence-corrected chi connectivity index (χ4v) is 2.47. The van der Waals surface area contributed by atoms with Gasteiger partial charge in [0.15, 0.2) is 0 Å². The standard InChI is InChI=1S/C17H20BrNO2/c1-11-7-14(8-12(2)17(11)18)19-10-13-5-6-15(20-3)9-16(13)21-4/h5-9,19H,10H2,1-4H3. The molecule has 0 amide bonds. The van der Waals surface area contributed by atoms with Gasteiger partial charge in [0.05, 0.1) is 14.2 Å². The molecule has 1 N–H and O–H groups in total. The summed E-state index contributed by atoms with van der Waals surface area (Å²) >= 11 is 3.59. The number of anilines is 1. The number of halogens is 1. The Labute approximate surface area is 134 Å². The molecule has 0 atom stereocenters. The summed E-state index contributed by atoms with van der Waals surface area (Å²) in [7, 11) is 3.33. The fourth-order valence-electron chi connectivity index (χ4n) is 2.24. The van der Waals surface area contributed by atoms with Crippen LogP contribution in [0, 0.1) is 13.8 Å². The maximum atomic E-state index is 5.42. The second-order valence-electron chi connectivity index (χ2n) is 4.96. The minimum Gasteiger partial charge on any atom is -0.497 e. The predicted molar refractivity (Wildman–Crippen MR) is 90.5 cm³/mol. The molecule has 0 saturated heterocycles. The van der Waals surface area contributed by atoms with Crippen LogP contribution in [0.5, 0.6) is 11.5 Å². The lowest BCUT2D eigenvalue weighted by atomic mass is 10.1. The van der Waals surface area contributed by atoms with E-state index in [0.29, 0.717) is 6.54 Å². The molecule has 2 aromatic rings. The Balaban J connectivity index is 2.16. The van der Waals surface area contributed by atoms with Gasteiger partial charge in [0.1, 0.15) is 11.5 Å². The molecule has 0 radical (unpaired) electrons. The van der Waals surface area contributed by atoms with Crippen molar-refractivity contribution >= 4 is 21.6 Å². The highest BCUT2D eigenvalue weighted by molar-refractivity contribution is 9.10. The lowest BCUT2D eigenvalue weighted by Crippen LogP contribution is -2.03. The van der Waals surface area contributed by atoms with Gasteiger partial charge in [0.2, 0.25) is 0 Å². The van der Waals surface area contributed by atoms with Gasteiger partial charge >= 0.3 is 0 Å². The quantitative estimate of drug-likeness (QED) is 0.848. The van der Waals surface area contributed by atoms with Crippen molar-refractivity contribution in [2.45, 2.75) is 20.4 Å². The minimum atomic E-state index is 0.702. The van der Waals surface area contributed by atoms with Crippen molar-refractivity contribution < 1.29 is 9.47 Å². The highest BCUT2D eigenvalue weighted by Crippen LogP contribution is 2.27. The summed E-state index contributed by atoms with van der Waals surface area (Å²) in [5.74, 6) is 1.62. The molecule has 4 heteroatoms. The van der Waals surface area contributed by atoms with E-state index in [0.717, 1.165) is 27.2 Å². The maximum Gasteiger partial charge on any atom is 0.127 e. The van der Waals surface area contributed by atoms with Gasteiger partial charge in [0, 0.05) is 28.3 Å². The molecule has 0 spiro atoms. The zero-order chi connectivity index (χ0) is 15.4. The summed E-state index contributed by atoms with van der Waals surface area (Å²) < 4.78 is 11.8. The first-order valence-electron chi connectivity index (χ1n) is 6.76. The first kappa shape index (κ1) is 15.7. The number of aryl methyl sites for hydroxylation is 2. The van der Waals surface area contributed by atoms with Gasteiger partial charge in [-0.1, -0.05) is 15.9 Å². The third-order valence-electron chi connectivity index (χ3n) is 3.41. The van der Waals surface area contributed by atoms with Gasteiger partial charge in [-0.25, -0.2) is 0 Å². The summed E-state index contributed by atoms with van der Waals surface area (Å²) in [6, 6.07) is 10.1. The van der Waals surface area contributed by atoms with Crippen molar-refractivity contribution in [3.63, 3.8) is 0 Å². The van der Waals surface area contributed by atoms with E-state index in [9.17, 15) is 0 Å². The molecule has 112 valence electrons. The second-order valence-corrected chi connectivity index (χ2v) is 5.75. The number of nitrogens with one attached hydrogen (secondary N) is 1. The minimum absolute atomic E-state index is 0.702. The van der Waals surface area contributed by atoms with Crippen molar-refractivity contribution in [1.29, 1.82) is 0 Å². The smallest absolute Gasteiger partial charge is 0.127 e. The number of rotatable bonds is 5. The Morgan fingerprint density at radius 1 is 1.00 bits per heavy atom. The highest BCUT2D eigenvalue weighted by Gasteiger charge is 2.06. The van der Waals surface area contributed by atoms with Crippen LogP contribution in [-0.2, 0) is 6.54 Å². The van der Waals surface area contributed by atoms with Gasteiger partial charge in [-0.2, -0.15) is 0 Å². The monoisotopic (exact) mass is 349 g/mol. The predicted octanol–water partition coefficient (Wildman–Crippen LogP) is 4.70. The molecule has 21 heavy (non-hydrogen) atoms. The average Bonchev–Trinajstić information content (AvgIpc) is 2.50. The average molecular weight is 350 g/mol. The lowest BCUT2D eigenvalue weighted by molar-refractivity contribution is 0.391. The van der Waals surface area contributed by atoms with Crippen molar-refractivity contribution in [2.75, 3.05) is 19.5 Å². The summed E-state index contributed by atoms with van der Waals surface area (Å²) in [5, 5.41) is 3.44. The van der Waals surface area contributed by atoms with E-state index in [-0.39, 0.29) is 0 Å². The van der Waals surface area contributed by atoms with Crippen LogP contribution in [0.15, 0.2) is 34.8 Å². The third-order valence-corrected chi connectivity index (χ3v) is 4.66. The molecule has 0 aliphatic heterocycles. The highest BCUT2D eigenvalue weighted by atomic mass is 79.9. The molecular formula is C17H20BrNO2. The van der Waals surface area contributed by atoms with E-state index >= 15 is 0 Å². The molecule has 2 rings (SSSR count). The number of methoxy groups -OCH3 is 2. The van der Waals surface area contributed by atoms with Crippen molar-refractivity contribution in [1.82, 2.24) is 0 Å². The van der Waals surface area contributed by atoms with E-state index in [4.69, 9.17) is 9.47 Å². The third kappa shape index (κ3) is 3.70. The molecule has 0 aromatic heterocycles. The molecular weight excluding hydrogens is 330 g/mol. The molecule has 0 heterocycles. The Kier molecular flexibility index (Phi) is 5.12. The number of benzene rings is 2. The molecule has 3 nitrogen and oxygen atoms in total. The zero-order valence-corrected chi connectivity index (χ0v) is 14.4. The molecule has 2 aromatic carbocycles. The molecule has 0 unspecified atom stereocenters. The Morgan fingerprint density at radius 3 is 2.24 bits per heavy atom. The van der Waals surface area contributed by atoms with Crippen molar-refractivity contribution in [3.8, 4) is 11.5 Å². The summed E-state index contributed by atoms with van der Waals surface area (Å²) in [6.07, 6.45) is 0. The first-order valence-corrected chi connectivity index (χ1v) is 7.56. The van der Waals surface area contributed by atoms with Crippen LogP contribution < -0.4 is 14.8 Å². The van der Waals surface area contributed by atoms with Gasteiger partial charge in [-0.05, 0) is 49.2 Å². The Morgan fingerprint density at radius 2 is 1.67 bits per heavy atom. The van der Waals surface area contributed by atoms with Gasteiger partial charge in [-0.3, -0.25) is 0 Å². The van der Waals surface area contributed by atoms with E-state index in [1.165, 1.54) is 11.1 Å². The molecule has 0 fully saturated rings. The van der Waals surface area contributed by atoms with E-state index in [2.05, 4.69) is 47.2 Å². The van der Waals surface area contributed by atoms with Gasteiger partial charge in [0.25, 0.3) is 0 Å². The molecule has 0 saturated carbocycles. The van der Waals surface area contributed by atoms with Gasteiger partial charge < -0.3 is 14.8 Å². The summed E-state index contributed by atoms with van der Waals surface area (Å²) in [4.78, 5) is 0. The summed E-state index contributed by atoms with van der Waals surface area (Å²) in [5.41, 5.74) is 4.64. The molecule has 0 aliphatic carbocycles.